The highest BCUT2D eigenvalue weighted by Crippen LogP contribution is 2.20. The second kappa shape index (κ2) is 6.89. The second-order valence-corrected chi connectivity index (χ2v) is 6.22. The first kappa shape index (κ1) is 13.5. The maximum atomic E-state index is 5.60. The number of rotatable bonds is 6. The fraction of sp³-hybridized carbons (Fsp3) is 0.308. The Morgan fingerprint density at radius 2 is 2.17 bits per heavy atom. The summed E-state index contributed by atoms with van der Waals surface area (Å²) in [4.78, 5) is 6.63. The van der Waals surface area contributed by atoms with Crippen LogP contribution in [0.25, 0.3) is 0 Å². The molecule has 2 aromatic rings. The zero-order chi connectivity index (χ0) is 12.8. The minimum absolute atomic E-state index is 0.275. The van der Waals surface area contributed by atoms with E-state index >= 15 is 0 Å². The summed E-state index contributed by atoms with van der Waals surface area (Å²) in [6.45, 7) is 2.10. The number of hydrogen-bond donors (Lipinski definition) is 2. The van der Waals surface area contributed by atoms with Crippen molar-refractivity contribution in [3.8, 4) is 0 Å². The van der Waals surface area contributed by atoms with Crippen molar-refractivity contribution in [1.82, 2.24) is 10.4 Å². The standard InChI is InChI=1S/C13H17N3S2/c1-10-2-4-12(5-3-10)17-8-11(16-14)6-13-7-15-9-18-13/h2-5,7,9,11,16H,6,8,14H2,1H3. The first-order valence-electron chi connectivity index (χ1n) is 5.81. The number of hydrazine groups is 1. The van der Waals surface area contributed by atoms with Crippen LogP contribution in [0.15, 0.2) is 40.9 Å². The van der Waals surface area contributed by atoms with Crippen LogP contribution in [0.3, 0.4) is 0 Å². The Hall–Kier alpha value is -0.880. The van der Waals surface area contributed by atoms with Gasteiger partial charge in [-0.05, 0) is 19.1 Å². The normalized spacial score (nSPS) is 12.6. The summed E-state index contributed by atoms with van der Waals surface area (Å²) < 4.78 is 0. The molecular formula is C13H17N3S2. The molecule has 0 aliphatic rings. The third-order valence-electron chi connectivity index (χ3n) is 2.64. The van der Waals surface area contributed by atoms with Crippen LogP contribution in [0, 0.1) is 6.92 Å². The Morgan fingerprint density at radius 1 is 1.39 bits per heavy atom. The molecule has 0 fully saturated rings. The minimum atomic E-state index is 0.275. The topological polar surface area (TPSA) is 50.9 Å². The van der Waals surface area contributed by atoms with Crippen LogP contribution in [0.5, 0.6) is 0 Å². The van der Waals surface area contributed by atoms with Gasteiger partial charge in [-0.1, -0.05) is 17.7 Å². The Morgan fingerprint density at radius 3 is 2.78 bits per heavy atom. The number of thiazole rings is 1. The van der Waals surface area contributed by atoms with Crippen molar-refractivity contribution in [3.63, 3.8) is 0 Å². The van der Waals surface area contributed by atoms with E-state index in [-0.39, 0.29) is 6.04 Å². The number of nitrogens with two attached hydrogens (primary N) is 1. The molecule has 96 valence electrons. The van der Waals surface area contributed by atoms with Crippen LogP contribution in [-0.2, 0) is 6.42 Å². The van der Waals surface area contributed by atoms with Gasteiger partial charge in [-0.25, -0.2) is 0 Å². The van der Waals surface area contributed by atoms with Crippen molar-refractivity contribution in [3.05, 3.63) is 46.4 Å². The highest BCUT2D eigenvalue weighted by molar-refractivity contribution is 7.99. The second-order valence-electron chi connectivity index (χ2n) is 4.16. The maximum Gasteiger partial charge on any atom is 0.0794 e. The fourth-order valence-electron chi connectivity index (χ4n) is 1.58. The van der Waals surface area contributed by atoms with E-state index in [0.717, 1.165) is 12.2 Å². The molecule has 0 bridgehead atoms. The van der Waals surface area contributed by atoms with E-state index in [2.05, 4.69) is 41.6 Å². The van der Waals surface area contributed by atoms with Crippen LogP contribution in [0.1, 0.15) is 10.4 Å². The quantitative estimate of drug-likeness (QED) is 0.485. The van der Waals surface area contributed by atoms with Gasteiger partial charge in [0.1, 0.15) is 0 Å². The Balaban J connectivity index is 1.85. The molecular weight excluding hydrogens is 262 g/mol. The average molecular weight is 279 g/mol. The Bertz CT molecular complexity index is 454. The molecule has 3 N–H and O–H groups in total. The van der Waals surface area contributed by atoms with E-state index < -0.39 is 0 Å². The highest BCUT2D eigenvalue weighted by atomic mass is 32.2. The van der Waals surface area contributed by atoms with Gasteiger partial charge in [0.15, 0.2) is 0 Å². The third kappa shape index (κ3) is 4.10. The molecule has 3 nitrogen and oxygen atoms in total. The SMILES string of the molecule is Cc1ccc(SCC(Cc2cncs2)NN)cc1. The molecule has 0 radical (unpaired) electrons. The lowest BCUT2D eigenvalue weighted by Crippen LogP contribution is -2.38. The minimum Gasteiger partial charge on any atom is -0.271 e. The lowest BCUT2D eigenvalue weighted by Gasteiger charge is -2.14. The number of nitrogens with zero attached hydrogens (tertiary/aromatic N) is 1. The van der Waals surface area contributed by atoms with Crippen LogP contribution < -0.4 is 11.3 Å². The molecule has 2 rings (SSSR count). The monoisotopic (exact) mass is 279 g/mol. The van der Waals surface area contributed by atoms with Crippen LogP contribution in [0.2, 0.25) is 0 Å². The zero-order valence-electron chi connectivity index (χ0n) is 10.3. The van der Waals surface area contributed by atoms with Crippen LogP contribution in [0.4, 0.5) is 0 Å². The summed E-state index contributed by atoms with van der Waals surface area (Å²) in [7, 11) is 0. The van der Waals surface area contributed by atoms with Crippen molar-refractivity contribution >= 4 is 23.1 Å². The van der Waals surface area contributed by atoms with Gasteiger partial charge < -0.3 is 0 Å². The van der Waals surface area contributed by atoms with Crippen molar-refractivity contribution in [2.24, 2.45) is 5.84 Å². The van der Waals surface area contributed by atoms with Gasteiger partial charge in [0.25, 0.3) is 0 Å². The summed E-state index contributed by atoms with van der Waals surface area (Å²) in [5.41, 5.74) is 6.03. The van der Waals surface area contributed by atoms with Gasteiger partial charge in [-0.15, -0.1) is 23.1 Å². The van der Waals surface area contributed by atoms with E-state index in [1.807, 2.05) is 23.5 Å². The predicted molar refractivity (Wildman–Crippen MR) is 78.8 cm³/mol. The first-order valence-corrected chi connectivity index (χ1v) is 7.67. The molecule has 0 aliphatic heterocycles. The van der Waals surface area contributed by atoms with Crippen molar-refractivity contribution in [2.45, 2.75) is 24.3 Å². The van der Waals surface area contributed by atoms with Gasteiger partial charge in [-0.2, -0.15) is 0 Å². The molecule has 5 heteroatoms. The molecule has 0 saturated heterocycles. The first-order chi connectivity index (χ1) is 8.78. The lowest BCUT2D eigenvalue weighted by atomic mass is 10.2. The lowest BCUT2D eigenvalue weighted by molar-refractivity contribution is 0.579. The van der Waals surface area contributed by atoms with E-state index in [9.17, 15) is 0 Å². The number of nitrogens with one attached hydrogen (secondary N) is 1. The number of benzene rings is 1. The van der Waals surface area contributed by atoms with Gasteiger partial charge in [0.05, 0.1) is 5.51 Å². The van der Waals surface area contributed by atoms with Gasteiger partial charge in [0.2, 0.25) is 0 Å². The molecule has 0 amide bonds. The molecule has 1 heterocycles. The van der Waals surface area contributed by atoms with Gasteiger partial charge >= 0.3 is 0 Å². The fourth-order valence-corrected chi connectivity index (χ4v) is 3.20. The van der Waals surface area contributed by atoms with Crippen molar-refractivity contribution in [2.75, 3.05) is 5.75 Å². The summed E-state index contributed by atoms with van der Waals surface area (Å²) in [6, 6.07) is 8.85. The van der Waals surface area contributed by atoms with Crippen molar-refractivity contribution < 1.29 is 0 Å². The molecule has 1 aromatic carbocycles. The molecule has 0 spiro atoms. The van der Waals surface area contributed by atoms with Gasteiger partial charge in [0, 0.05) is 34.2 Å². The number of hydrogen-bond acceptors (Lipinski definition) is 5. The van der Waals surface area contributed by atoms with E-state index in [4.69, 9.17) is 5.84 Å². The maximum absolute atomic E-state index is 5.60. The number of thioether (sulfide) groups is 1. The Labute approximate surface area is 116 Å². The smallest absolute Gasteiger partial charge is 0.0794 e. The molecule has 0 aliphatic carbocycles. The average Bonchev–Trinajstić information content (AvgIpc) is 2.89. The summed E-state index contributed by atoms with van der Waals surface area (Å²) in [5.74, 6) is 6.55. The molecule has 1 aromatic heterocycles. The van der Waals surface area contributed by atoms with E-state index in [1.54, 1.807) is 11.3 Å². The molecule has 0 saturated carbocycles. The summed E-state index contributed by atoms with van der Waals surface area (Å²) in [6.07, 6.45) is 2.84. The third-order valence-corrected chi connectivity index (χ3v) is 4.62. The molecule has 1 unspecified atom stereocenters. The molecule has 1 atom stereocenters. The number of aryl methyl sites for hydroxylation is 1. The van der Waals surface area contributed by atoms with E-state index in [1.165, 1.54) is 15.3 Å². The predicted octanol–water partition coefficient (Wildman–Crippen LogP) is 2.62. The zero-order valence-corrected chi connectivity index (χ0v) is 11.9. The van der Waals surface area contributed by atoms with Crippen LogP contribution >= 0.6 is 23.1 Å². The van der Waals surface area contributed by atoms with Gasteiger partial charge in [-0.3, -0.25) is 16.3 Å². The highest BCUT2D eigenvalue weighted by Gasteiger charge is 2.09. The van der Waals surface area contributed by atoms with E-state index in [0.29, 0.717) is 0 Å². The molecule has 18 heavy (non-hydrogen) atoms. The van der Waals surface area contributed by atoms with Crippen molar-refractivity contribution in [1.29, 1.82) is 0 Å². The number of aromatic nitrogens is 1. The Kier molecular flexibility index (Phi) is 5.19. The summed E-state index contributed by atoms with van der Waals surface area (Å²) in [5, 5.41) is 0. The van der Waals surface area contributed by atoms with Crippen LogP contribution in [-0.4, -0.2) is 16.8 Å². The summed E-state index contributed by atoms with van der Waals surface area (Å²) >= 11 is 3.50. The largest absolute Gasteiger partial charge is 0.271 e.